The molecule has 30 heavy (non-hydrogen) atoms. The lowest BCUT2D eigenvalue weighted by Gasteiger charge is -2.34. The minimum atomic E-state index is -0.454. The number of piperazine rings is 1. The maximum atomic E-state index is 12.6. The van der Waals surface area contributed by atoms with Gasteiger partial charge in [0.25, 0.3) is 5.69 Å². The molecule has 2 aromatic rings. The lowest BCUT2D eigenvalue weighted by Crippen LogP contribution is -2.50. The number of ether oxygens (including phenoxy) is 1. The number of amides is 1. The van der Waals surface area contributed by atoms with Crippen LogP contribution in [0.15, 0.2) is 48.5 Å². The highest BCUT2D eigenvalue weighted by atomic mass is 35.5. The molecule has 1 amide bonds. The molecule has 0 bridgehead atoms. The first-order valence-corrected chi connectivity index (χ1v) is 10.1. The molecule has 1 heterocycles. The molecule has 0 N–H and O–H groups in total. The number of halogens is 1. The molecule has 160 valence electrons. The van der Waals surface area contributed by atoms with Crippen molar-refractivity contribution in [1.82, 2.24) is 9.80 Å². The number of likely N-dealkylation sites (N-methyl/N-ethyl adjacent to an activating group) is 1. The quantitative estimate of drug-likeness (QED) is 0.471. The number of anilines is 1. The van der Waals surface area contributed by atoms with Crippen molar-refractivity contribution in [2.24, 2.45) is 0 Å². The number of nitrogens with zero attached hydrogens (tertiary/aromatic N) is 4. The Morgan fingerprint density at radius 2 is 1.73 bits per heavy atom. The van der Waals surface area contributed by atoms with Crippen LogP contribution in [0.4, 0.5) is 11.4 Å². The van der Waals surface area contributed by atoms with Crippen LogP contribution in [-0.4, -0.2) is 73.6 Å². The SMILES string of the molecule is CN(C(=O)CN1CCN(CCOc2ccccc2Cl)CC1)c1ccc([N+](=O)[O-])cc1. The highest BCUT2D eigenvalue weighted by Crippen LogP contribution is 2.23. The van der Waals surface area contributed by atoms with Crippen molar-refractivity contribution in [3.05, 3.63) is 63.7 Å². The van der Waals surface area contributed by atoms with E-state index in [1.807, 2.05) is 18.2 Å². The molecule has 0 radical (unpaired) electrons. The summed E-state index contributed by atoms with van der Waals surface area (Å²) in [5.74, 6) is 0.650. The number of hydrogen-bond acceptors (Lipinski definition) is 6. The van der Waals surface area contributed by atoms with Gasteiger partial charge in [0.05, 0.1) is 16.5 Å². The summed E-state index contributed by atoms with van der Waals surface area (Å²) < 4.78 is 5.74. The Morgan fingerprint density at radius 3 is 2.37 bits per heavy atom. The Balaban J connectivity index is 1.40. The van der Waals surface area contributed by atoms with Crippen molar-refractivity contribution in [1.29, 1.82) is 0 Å². The van der Waals surface area contributed by atoms with E-state index in [1.165, 1.54) is 17.0 Å². The molecule has 0 aliphatic carbocycles. The summed E-state index contributed by atoms with van der Waals surface area (Å²) in [4.78, 5) is 28.8. The zero-order valence-electron chi connectivity index (χ0n) is 16.9. The molecule has 1 saturated heterocycles. The fourth-order valence-corrected chi connectivity index (χ4v) is 3.45. The number of para-hydroxylation sites is 1. The first kappa shape index (κ1) is 22.0. The van der Waals surface area contributed by atoms with Crippen LogP contribution >= 0.6 is 11.6 Å². The first-order chi connectivity index (χ1) is 14.4. The molecule has 1 aliphatic rings. The Hall–Kier alpha value is -2.68. The molecule has 0 saturated carbocycles. The first-order valence-electron chi connectivity index (χ1n) is 9.77. The lowest BCUT2D eigenvalue weighted by atomic mass is 10.2. The molecular weight excluding hydrogens is 408 g/mol. The zero-order valence-corrected chi connectivity index (χ0v) is 17.6. The standard InChI is InChI=1S/C21H25ClN4O4/c1-23(17-6-8-18(9-7-17)26(28)29)21(27)16-25-12-10-24(11-13-25)14-15-30-20-5-3-2-4-19(20)22/h2-9H,10-16H2,1H3. The second kappa shape index (κ2) is 10.4. The summed E-state index contributed by atoms with van der Waals surface area (Å²) in [5.41, 5.74) is 0.648. The van der Waals surface area contributed by atoms with Gasteiger partial charge in [0.1, 0.15) is 12.4 Å². The van der Waals surface area contributed by atoms with E-state index in [2.05, 4.69) is 9.80 Å². The van der Waals surface area contributed by atoms with Crippen LogP contribution in [-0.2, 0) is 4.79 Å². The van der Waals surface area contributed by atoms with E-state index >= 15 is 0 Å². The number of non-ortho nitro benzene ring substituents is 1. The minimum absolute atomic E-state index is 0.00855. The van der Waals surface area contributed by atoms with Crippen molar-refractivity contribution >= 4 is 28.9 Å². The Labute approximate surface area is 180 Å². The van der Waals surface area contributed by atoms with Gasteiger partial charge in [-0.15, -0.1) is 0 Å². The average Bonchev–Trinajstić information content (AvgIpc) is 2.76. The van der Waals surface area contributed by atoms with Crippen LogP contribution in [0.5, 0.6) is 5.75 Å². The summed E-state index contributed by atoms with van der Waals surface area (Å²) in [6.07, 6.45) is 0. The largest absolute Gasteiger partial charge is 0.491 e. The van der Waals surface area contributed by atoms with Crippen molar-refractivity contribution < 1.29 is 14.5 Å². The maximum absolute atomic E-state index is 12.6. The molecule has 3 rings (SSSR count). The maximum Gasteiger partial charge on any atom is 0.269 e. The van der Waals surface area contributed by atoms with E-state index in [9.17, 15) is 14.9 Å². The van der Waals surface area contributed by atoms with Gasteiger partial charge >= 0.3 is 0 Å². The van der Waals surface area contributed by atoms with Crippen LogP contribution in [0.2, 0.25) is 5.02 Å². The molecule has 1 fully saturated rings. The third-order valence-electron chi connectivity index (χ3n) is 5.15. The van der Waals surface area contributed by atoms with Gasteiger partial charge in [0.2, 0.25) is 5.91 Å². The van der Waals surface area contributed by atoms with E-state index in [1.54, 1.807) is 25.2 Å². The molecule has 0 spiro atoms. The van der Waals surface area contributed by atoms with Crippen LogP contribution in [0.3, 0.4) is 0 Å². The van der Waals surface area contributed by atoms with E-state index < -0.39 is 4.92 Å². The van der Waals surface area contributed by atoms with Crippen molar-refractivity contribution in [2.45, 2.75) is 0 Å². The van der Waals surface area contributed by atoms with E-state index in [0.29, 0.717) is 29.6 Å². The second-order valence-corrected chi connectivity index (χ2v) is 7.53. The number of nitro benzene ring substituents is 1. The number of benzene rings is 2. The fourth-order valence-electron chi connectivity index (χ4n) is 3.26. The van der Waals surface area contributed by atoms with Gasteiger partial charge in [-0.3, -0.25) is 24.7 Å². The predicted octanol–water partition coefficient (Wildman–Crippen LogP) is 2.91. The van der Waals surface area contributed by atoms with Gasteiger partial charge < -0.3 is 9.64 Å². The lowest BCUT2D eigenvalue weighted by molar-refractivity contribution is -0.384. The van der Waals surface area contributed by atoms with Crippen LogP contribution in [0.25, 0.3) is 0 Å². The third kappa shape index (κ3) is 5.91. The molecule has 1 aliphatic heterocycles. The highest BCUT2D eigenvalue weighted by molar-refractivity contribution is 6.32. The van der Waals surface area contributed by atoms with Gasteiger partial charge in [-0.2, -0.15) is 0 Å². The fraction of sp³-hybridized carbons (Fsp3) is 0.381. The summed E-state index contributed by atoms with van der Waals surface area (Å²) in [6.45, 7) is 5.00. The molecular formula is C21H25ClN4O4. The predicted molar refractivity (Wildman–Crippen MR) is 116 cm³/mol. The number of carbonyl (C=O) groups is 1. The number of rotatable bonds is 8. The van der Waals surface area contributed by atoms with Gasteiger partial charge in [-0.1, -0.05) is 23.7 Å². The molecule has 0 aromatic heterocycles. The monoisotopic (exact) mass is 432 g/mol. The number of carbonyl (C=O) groups excluding carboxylic acids is 1. The normalized spacial score (nSPS) is 15.0. The Bertz CT molecular complexity index is 870. The van der Waals surface area contributed by atoms with Gasteiger partial charge in [-0.05, 0) is 24.3 Å². The summed E-state index contributed by atoms with van der Waals surface area (Å²) in [7, 11) is 1.69. The Kier molecular flexibility index (Phi) is 7.62. The van der Waals surface area contributed by atoms with Gasteiger partial charge in [-0.25, -0.2) is 0 Å². The highest BCUT2D eigenvalue weighted by Gasteiger charge is 2.21. The van der Waals surface area contributed by atoms with Gasteiger partial charge in [0, 0.05) is 57.6 Å². The molecule has 9 heteroatoms. The average molecular weight is 433 g/mol. The summed E-state index contributed by atoms with van der Waals surface area (Å²) in [6, 6.07) is 13.4. The minimum Gasteiger partial charge on any atom is -0.491 e. The third-order valence-corrected chi connectivity index (χ3v) is 5.46. The second-order valence-electron chi connectivity index (χ2n) is 7.12. The summed E-state index contributed by atoms with van der Waals surface area (Å²) >= 11 is 6.09. The molecule has 0 unspecified atom stereocenters. The number of nitro groups is 1. The molecule has 0 atom stereocenters. The van der Waals surface area contributed by atoms with Crippen molar-refractivity contribution in [3.63, 3.8) is 0 Å². The van der Waals surface area contributed by atoms with Crippen LogP contribution < -0.4 is 9.64 Å². The topological polar surface area (TPSA) is 79.2 Å². The zero-order chi connectivity index (χ0) is 21.5. The molecule has 8 nitrogen and oxygen atoms in total. The van der Waals surface area contributed by atoms with Crippen molar-refractivity contribution in [3.8, 4) is 5.75 Å². The molecule has 2 aromatic carbocycles. The van der Waals surface area contributed by atoms with E-state index in [0.717, 1.165) is 32.7 Å². The van der Waals surface area contributed by atoms with Crippen LogP contribution in [0.1, 0.15) is 0 Å². The van der Waals surface area contributed by atoms with E-state index in [4.69, 9.17) is 16.3 Å². The van der Waals surface area contributed by atoms with Gasteiger partial charge in [0.15, 0.2) is 0 Å². The van der Waals surface area contributed by atoms with E-state index in [-0.39, 0.29) is 11.6 Å². The van der Waals surface area contributed by atoms with Crippen molar-refractivity contribution in [2.75, 3.05) is 57.8 Å². The van der Waals surface area contributed by atoms with Crippen LogP contribution in [0, 0.1) is 10.1 Å². The summed E-state index contributed by atoms with van der Waals surface area (Å²) in [5, 5.41) is 11.4. The smallest absolute Gasteiger partial charge is 0.269 e. The number of hydrogen-bond donors (Lipinski definition) is 0. The Morgan fingerprint density at radius 1 is 1.10 bits per heavy atom.